The first kappa shape index (κ1) is 7.66. The molecule has 0 aliphatic heterocycles. The topological polar surface area (TPSA) is 52.0 Å². The lowest BCUT2D eigenvalue weighted by Crippen LogP contribution is -1.96. The molecule has 0 heterocycles. The largest absolute Gasteiger partial charge is 0.399 e. The molecule has 2 nitrogen and oxygen atoms in total. The summed E-state index contributed by atoms with van der Waals surface area (Å²) in [4.78, 5) is 0. The van der Waals surface area contributed by atoms with E-state index in [1.54, 1.807) is 0 Å². The predicted molar refractivity (Wildman–Crippen MR) is 48.8 cm³/mol. The summed E-state index contributed by atoms with van der Waals surface area (Å²) in [6, 6.07) is 5.68. The van der Waals surface area contributed by atoms with Crippen LogP contribution in [0.4, 0.5) is 5.69 Å². The van der Waals surface area contributed by atoms with Gasteiger partial charge in [0.05, 0.1) is 0 Å². The fraction of sp³-hybridized carbons (Fsp3) is 0.111. The van der Waals surface area contributed by atoms with Crippen LogP contribution in [0.2, 0.25) is 0 Å². The molecule has 0 atom stereocenters. The van der Waals surface area contributed by atoms with Gasteiger partial charge in [0.2, 0.25) is 0 Å². The third-order valence-corrected chi connectivity index (χ3v) is 1.65. The van der Waals surface area contributed by atoms with Crippen LogP contribution in [0.15, 0.2) is 24.8 Å². The van der Waals surface area contributed by atoms with E-state index in [1.807, 2.05) is 25.1 Å². The second kappa shape index (κ2) is 2.66. The van der Waals surface area contributed by atoms with Crippen molar-refractivity contribution in [1.82, 2.24) is 0 Å². The zero-order valence-electron chi connectivity index (χ0n) is 6.59. The van der Waals surface area contributed by atoms with Crippen LogP contribution in [-0.4, -0.2) is 0 Å². The van der Waals surface area contributed by atoms with Crippen LogP contribution in [0.5, 0.6) is 0 Å². The van der Waals surface area contributed by atoms with E-state index in [-0.39, 0.29) is 0 Å². The number of hydrogen-bond donors (Lipinski definition) is 2. The van der Waals surface area contributed by atoms with Gasteiger partial charge in [0.1, 0.15) is 0 Å². The molecule has 11 heavy (non-hydrogen) atoms. The Bertz CT molecular complexity index is 290. The third kappa shape index (κ3) is 1.52. The van der Waals surface area contributed by atoms with Crippen LogP contribution in [0.1, 0.15) is 11.1 Å². The highest BCUT2D eigenvalue weighted by Gasteiger charge is 1.96. The maximum atomic E-state index is 5.66. The molecule has 1 aromatic carbocycles. The lowest BCUT2D eigenvalue weighted by Gasteiger charge is -2.03. The van der Waals surface area contributed by atoms with Crippen molar-refractivity contribution in [1.29, 1.82) is 0 Å². The molecule has 0 aromatic heterocycles. The molecule has 1 aromatic rings. The van der Waals surface area contributed by atoms with Crippen LogP contribution >= 0.6 is 0 Å². The number of rotatable bonds is 1. The summed E-state index contributed by atoms with van der Waals surface area (Å²) >= 11 is 0. The van der Waals surface area contributed by atoms with Gasteiger partial charge >= 0.3 is 0 Å². The highest BCUT2D eigenvalue weighted by molar-refractivity contribution is 5.65. The molecule has 0 amide bonds. The van der Waals surface area contributed by atoms with Crippen LogP contribution in [-0.2, 0) is 0 Å². The van der Waals surface area contributed by atoms with Gasteiger partial charge in [-0.15, -0.1) is 0 Å². The predicted octanol–water partition coefficient (Wildman–Crippen LogP) is 1.51. The minimum Gasteiger partial charge on any atom is -0.399 e. The summed E-state index contributed by atoms with van der Waals surface area (Å²) < 4.78 is 0. The number of benzene rings is 1. The van der Waals surface area contributed by atoms with Gasteiger partial charge in [-0.1, -0.05) is 18.7 Å². The fourth-order valence-electron chi connectivity index (χ4n) is 0.840. The molecule has 2 heteroatoms. The molecular formula is C9H12N2. The lowest BCUT2D eigenvalue weighted by molar-refractivity contribution is 1.44. The molecular weight excluding hydrogens is 136 g/mol. The molecule has 0 saturated heterocycles. The van der Waals surface area contributed by atoms with E-state index in [2.05, 4.69) is 6.58 Å². The van der Waals surface area contributed by atoms with Gasteiger partial charge in [0, 0.05) is 11.4 Å². The minimum atomic E-state index is 0.553. The Labute approximate surface area is 66.5 Å². The molecule has 0 spiro atoms. The summed E-state index contributed by atoms with van der Waals surface area (Å²) in [7, 11) is 0. The van der Waals surface area contributed by atoms with Crippen molar-refractivity contribution >= 4 is 11.4 Å². The SMILES string of the molecule is C=C(N)c1ccc(C)c(N)c1. The lowest BCUT2D eigenvalue weighted by atomic mass is 10.1. The van der Waals surface area contributed by atoms with Crippen molar-refractivity contribution in [3.8, 4) is 0 Å². The Hall–Kier alpha value is -1.44. The molecule has 0 radical (unpaired) electrons. The molecule has 0 fully saturated rings. The molecule has 0 aliphatic rings. The summed E-state index contributed by atoms with van der Waals surface area (Å²) in [6.07, 6.45) is 0. The van der Waals surface area contributed by atoms with Crippen molar-refractivity contribution in [3.05, 3.63) is 35.9 Å². The number of nitrogens with two attached hydrogens (primary N) is 2. The number of hydrogen-bond acceptors (Lipinski definition) is 2. The average molecular weight is 148 g/mol. The Morgan fingerprint density at radius 2 is 2.09 bits per heavy atom. The van der Waals surface area contributed by atoms with Gasteiger partial charge in [-0.3, -0.25) is 0 Å². The van der Waals surface area contributed by atoms with Gasteiger partial charge in [-0.2, -0.15) is 0 Å². The molecule has 58 valence electrons. The molecule has 1 rings (SSSR count). The van der Waals surface area contributed by atoms with Gasteiger partial charge in [-0.25, -0.2) is 0 Å². The first-order valence-corrected chi connectivity index (χ1v) is 3.42. The van der Waals surface area contributed by atoms with E-state index in [4.69, 9.17) is 11.5 Å². The van der Waals surface area contributed by atoms with Crippen molar-refractivity contribution < 1.29 is 0 Å². The highest BCUT2D eigenvalue weighted by atomic mass is 14.6. The Balaban J connectivity index is 3.15. The van der Waals surface area contributed by atoms with E-state index >= 15 is 0 Å². The maximum absolute atomic E-state index is 5.66. The molecule has 0 unspecified atom stereocenters. The van der Waals surface area contributed by atoms with Gasteiger partial charge in [0.25, 0.3) is 0 Å². The average Bonchev–Trinajstić information content (AvgIpc) is 1.94. The van der Waals surface area contributed by atoms with E-state index in [0.717, 1.165) is 16.8 Å². The van der Waals surface area contributed by atoms with Gasteiger partial charge in [-0.05, 0) is 24.1 Å². The quantitative estimate of drug-likeness (QED) is 0.593. The van der Waals surface area contributed by atoms with Crippen LogP contribution < -0.4 is 11.5 Å². The first-order chi connectivity index (χ1) is 5.11. The van der Waals surface area contributed by atoms with Gasteiger partial charge < -0.3 is 11.5 Å². The zero-order valence-corrected chi connectivity index (χ0v) is 6.59. The van der Waals surface area contributed by atoms with E-state index < -0.39 is 0 Å². The summed E-state index contributed by atoms with van der Waals surface area (Å²) in [5.74, 6) is 0. The summed E-state index contributed by atoms with van der Waals surface area (Å²) in [6.45, 7) is 5.58. The number of nitrogen functional groups attached to an aromatic ring is 1. The van der Waals surface area contributed by atoms with Crippen LogP contribution in [0.3, 0.4) is 0 Å². The standard InChI is InChI=1S/C9H12N2/c1-6-3-4-8(7(2)10)5-9(6)11/h3-5H,2,10-11H2,1H3. The third-order valence-electron chi connectivity index (χ3n) is 1.65. The number of aryl methyl sites for hydroxylation is 1. The van der Waals surface area contributed by atoms with E-state index in [9.17, 15) is 0 Å². The summed E-state index contributed by atoms with van der Waals surface area (Å²) in [5.41, 5.74) is 14.4. The highest BCUT2D eigenvalue weighted by Crippen LogP contribution is 2.15. The monoisotopic (exact) mass is 148 g/mol. The van der Waals surface area contributed by atoms with Crippen molar-refractivity contribution in [2.24, 2.45) is 5.73 Å². The zero-order chi connectivity index (χ0) is 8.43. The summed E-state index contributed by atoms with van der Waals surface area (Å²) in [5, 5.41) is 0. The van der Waals surface area contributed by atoms with E-state index in [1.165, 1.54) is 0 Å². The first-order valence-electron chi connectivity index (χ1n) is 3.42. The van der Waals surface area contributed by atoms with Crippen molar-refractivity contribution in [2.75, 3.05) is 5.73 Å². The Morgan fingerprint density at radius 1 is 1.45 bits per heavy atom. The second-order valence-corrected chi connectivity index (χ2v) is 2.60. The van der Waals surface area contributed by atoms with Crippen LogP contribution in [0, 0.1) is 6.92 Å². The molecule has 0 aliphatic carbocycles. The second-order valence-electron chi connectivity index (χ2n) is 2.60. The molecule has 4 N–H and O–H groups in total. The fourth-order valence-corrected chi connectivity index (χ4v) is 0.840. The van der Waals surface area contributed by atoms with Gasteiger partial charge in [0.15, 0.2) is 0 Å². The molecule has 0 bridgehead atoms. The van der Waals surface area contributed by atoms with Crippen molar-refractivity contribution in [2.45, 2.75) is 6.92 Å². The van der Waals surface area contributed by atoms with Crippen LogP contribution in [0.25, 0.3) is 5.70 Å². The normalized spacial score (nSPS) is 9.55. The Morgan fingerprint density at radius 3 is 2.55 bits per heavy atom. The minimum absolute atomic E-state index is 0.553. The van der Waals surface area contributed by atoms with Crippen molar-refractivity contribution in [3.63, 3.8) is 0 Å². The Kier molecular flexibility index (Phi) is 1.85. The smallest absolute Gasteiger partial charge is 0.0350 e. The van der Waals surface area contributed by atoms with E-state index in [0.29, 0.717) is 5.70 Å². The maximum Gasteiger partial charge on any atom is 0.0350 e. The molecule has 0 saturated carbocycles. The number of anilines is 1.